The molecule has 230 valence electrons. The number of hydrogen-bond acceptors (Lipinski definition) is 8. The lowest BCUT2D eigenvalue weighted by Gasteiger charge is -2.31. The molecule has 1 fully saturated rings. The van der Waals surface area contributed by atoms with Gasteiger partial charge in [0.1, 0.15) is 17.8 Å². The number of ether oxygens (including phenoxy) is 3. The zero-order valence-corrected chi connectivity index (χ0v) is 25.4. The summed E-state index contributed by atoms with van der Waals surface area (Å²) in [6, 6.07) is 0. The Balaban J connectivity index is 2.67. The van der Waals surface area contributed by atoms with E-state index in [4.69, 9.17) is 19.3 Å². The van der Waals surface area contributed by atoms with E-state index in [0.29, 0.717) is 0 Å². The molecule has 0 spiro atoms. The van der Waals surface area contributed by atoms with Crippen LogP contribution in [-0.2, 0) is 23.8 Å². The lowest BCUT2D eigenvalue weighted by molar-refractivity contribution is -0.156. The van der Waals surface area contributed by atoms with Crippen molar-refractivity contribution >= 4 is 11.9 Å². The van der Waals surface area contributed by atoms with Gasteiger partial charge < -0.3 is 34.6 Å². The predicted octanol–water partition coefficient (Wildman–Crippen LogP) is 4.20. The molecular formula is C31H52O9. The summed E-state index contributed by atoms with van der Waals surface area (Å²) in [5.74, 6) is -1.45. The van der Waals surface area contributed by atoms with Gasteiger partial charge in [0, 0.05) is 25.9 Å². The molecule has 0 saturated carbocycles. The largest absolute Gasteiger partial charge is 0.481 e. The minimum Gasteiger partial charge on any atom is -0.481 e. The Bertz CT molecular complexity index is 874. The van der Waals surface area contributed by atoms with Crippen LogP contribution >= 0.6 is 0 Å². The lowest BCUT2D eigenvalue weighted by Crippen LogP contribution is -2.41. The van der Waals surface area contributed by atoms with Gasteiger partial charge >= 0.3 is 11.9 Å². The normalized spacial score (nSPS) is 24.6. The smallest absolute Gasteiger partial charge is 0.305 e. The fourth-order valence-electron chi connectivity index (χ4n) is 5.00. The van der Waals surface area contributed by atoms with Crippen LogP contribution in [0.1, 0.15) is 80.6 Å². The molecule has 4 N–H and O–H groups in total. The van der Waals surface area contributed by atoms with Crippen molar-refractivity contribution in [2.24, 2.45) is 17.8 Å². The van der Waals surface area contributed by atoms with Gasteiger partial charge in [0.25, 0.3) is 0 Å². The minimum atomic E-state index is -1.48. The molecule has 0 radical (unpaired) electrons. The monoisotopic (exact) mass is 568 g/mol. The van der Waals surface area contributed by atoms with Crippen molar-refractivity contribution in [3.05, 3.63) is 36.0 Å². The summed E-state index contributed by atoms with van der Waals surface area (Å²) < 4.78 is 16.6. The highest BCUT2D eigenvalue weighted by Gasteiger charge is 2.50. The van der Waals surface area contributed by atoms with Crippen LogP contribution in [0.3, 0.4) is 0 Å². The third-order valence-electron chi connectivity index (χ3n) is 7.60. The first-order valence-electron chi connectivity index (χ1n) is 14.3. The fraction of sp³-hybridized carbons (Fsp3) is 0.742. The molecule has 1 rings (SSSR count). The Morgan fingerprint density at radius 2 is 1.70 bits per heavy atom. The quantitative estimate of drug-likeness (QED) is 0.0779. The van der Waals surface area contributed by atoms with Crippen molar-refractivity contribution in [3.8, 4) is 0 Å². The number of hydrogen-bond donors (Lipinski definition) is 4. The minimum absolute atomic E-state index is 0.00654. The second-order valence-corrected chi connectivity index (χ2v) is 11.6. The SMILES string of the molecule is CCC(OC)C(C)C1OC1C(O)C(C)/C=C/C=C(\C)C[C@@H](C)/C=C/C(OC(C)=O)C(C)(O)CCC(O)CC(=O)O. The number of aliphatic hydroxyl groups excluding tert-OH is 2. The van der Waals surface area contributed by atoms with Gasteiger partial charge in [0.15, 0.2) is 0 Å². The van der Waals surface area contributed by atoms with Gasteiger partial charge in [-0.05, 0) is 51.5 Å². The standard InChI is InChI=1S/C31H52O9/c1-9-25(38-8)22(5)29-30(40-29)28(36)21(4)12-10-11-19(2)17-20(3)13-14-26(39-23(6)32)31(7,37)16-15-24(33)18-27(34)35/h10-14,20-22,24-26,28-30,33,36-37H,9,15-18H2,1-8H3,(H,34,35)/b12-10+,14-13+,19-11+/t20-,21?,22?,24?,25?,26?,28?,29?,30?,31?/m0/s1. The van der Waals surface area contributed by atoms with E-state index in [2.05, 4.69) is 13.8 Å². The van der Waals surface area contributed by atoms with Gasteiger partial charge in [-0.25, -0.2) is 0 Å². The Kier molecular flexibility index (Phi) is 15.3. The molecule has 0 aromatic carbocycles. The summed E-state index contributed by atoms with van der Waals surface area (Å²) in [5.41, 5.74) is -0.363. The molecule has 1 saturated heterocycles. The summed E-state index contributed by atoms with van der Waals surface area (Å²) in [4.78, 5) is 22.4. The number of carbonyl (C=O) groups excluding carboxylic acids is 1. The number of epoxide rings is 1. The van der Waals surface area contributed by atoms with Crippen molar-refractivity contribution in [1.29, 1.82) is 0 Å². The molecule has 0 bridgehead atoms. The van der Waals surface area contributed by atoms with Crippen LogP contribution in [0.15, 0.2) is 36.0 Å². The molecule has 1 aliphatic rings. The van der Waals surface area contributed by atoms with Crippen LogP contribution in [0.5, 0.6) is 0 Å². The molecular weight excluding hydrogens is 516 g/mol. The molecule has 1 aliphatic heterocycles. The number of methoxy groups -OCH3 is 1. The van der Waals surface area contributed by atoms with Crippen LogP contribution in [0.2, 0.25) is 0 Å². The maximum atomic E-state index is 11.6. The van der Waals surface area contributed by atoms with Crippen molar-refractivity contribution < 1.29 is 44.2 Å². The molecule has 0 aliphatic carbocycles. The lowest BCUT2D eigenvalue weighted by atomic mass is 9.89. The maximum absolute atomic E-state index is 11.6. The van der Waals surface area contributed by atoms with E-state index in [1.165, 1.54) is 13.8 Å². The van der Waals surface area contributed by atoms with Gasteiger partial charge in [0.05, 0.1) is 30.8 Å². The van der Waals surface area contributed by atoms with Crippen molar-refractivity contribution in [1.82, 2.24) is 0 Å². The average molecular weight is 569 g/mol. The first kappa shape index (κ1) is 36.0. The second kappa shape index (κ2) is 17.0. The highest BCUT2D eigenvalue weighted by molar-refractivity contribution is 5.67. The number of aliphatic carboxylic acids is 1. The maximum Gasteiger partial charge on any atom is 0.305 e. The van der Waals surface area contributed by atoms with Gasteiger partial charge in [-0.1, -0.05) is 57.6 Å². The number of rotatable bonds is 19. The number of aliphatic hydroxyl groups is 3. The summed E-state index contributed by atoms with van der Waals surface area (Å²) in [6.07, 6.45) is 8.07. The first-order valence-corrected chi connectivity index (χ1v) is 14.3. The summed E-state index contributed by atoms with van der Waals surface area (Å²) in [5, 5.41) is 40.3. The van der Waals surface area contributed by atoms with Crippen LogP contribution in [0, 0.1) is 17.8 Å². The topological polar surface area (TPSA) is 146 Å². The fourth-order valence-corrected chi connectivity index (χ4v) is 5.00. The van der Waals surface area contributed by atoms with E-state index in [0.717, 1.165) is 18.4 Å². The highest BCUT2D eigenvalue weighted by Crippen LogP contribution is 2.37. The predicted molar refractivity (Wildman–Crippen MR) is 154 cm³/mol. The van der Waals surface area contributed by atoms with Crippen LogP contribution in [0.25, 0.3) is 0 Å². The Morgan fingerprint density at radius 1 is 1.05 bits per heavy atom. The van der Waals surface area contributed by atoms with Crippen LogP contribution < -0.4 is 0 Å². The van der Waals surface area contributed by atoms with E-state index < -0.39 is 42.3 Å². The van der Waals surface area contributed by atoms with Gasteiger partial charge in [-0.3, -0.25) is 9.59 Å². The number of allylic oxidation sites excluding steroid dienone is 4. The van der Waals surface area contributed by atoms with Crippen molar-refractivity contribution in [2.45, 2.75) is 123 Å². The first-order chi connectivity index (χ1) is 18.6. The number of carboxylic acid groups (broad SMARTS) is 1. The Hall–Kier alpha value is -2.04. The van der Waals surface area contributed by atoms with E-state index >= 15 is 0 Å². The van der Waals surface area contributed by atoms with Gasteiger partial charge in [-0.2, -0.15) is 0 Å². The third kappa shape index (κ3) is 12.6. The number of esters is 1. The number of carboxylic acids is 1. The third-order valence-corrected chi connectivity index (χ3v) is 7.60. The Morgan fingerprint density at radius 3 is 2.25 bits per heavy atom. The van der Waals surface area contributed by atoms with Crippen molar-refractivity contribution in [3.63, 3.8) is 0 Å². The van der Waals surface area contributed by atoms with E-state index in [-0.39, 0.29) is 48.9 Å². The second-order valence-electron chi connectivity index (χ2n) is 11.6. The molecule has 0 aromatic heterocycles. The van der Waals surface area contributed by atoms with E-state index in [1.807, 2.05) is 45.1 Å². The molecule has 9 nitrogen and oxygen atoms in total. The van der Waals surface area contributed by atoms with Gasteiger partial charge in [0.2, 0.25) is 0 Å². The van der Waals surface area contributed by atoms with Gasteiger partial charge in [-0.15, -0.1) is 0 Å². The van der Waals surface area contributed by atoms with E-state index in [9.17, 15) is 24.9 Å². The van der Waals surface area contributed by atoms with Crippen LogP contribution in [0.4, 0.5) is 0 Å². The average Bonchev–Trinajstić information content (AvgIpc) is 3.65. The summed E-state index contributed by atoms with van der Waals surface area (Å²) >= 11 is 0. The molecule has 9 unspecified atom stereocenters. The zero-order valence-electron chi connectivity index (χ0n) is 25.4. The van der Waals surface area contributed by atoms with Crippen LogP contribution in [-0.4, -0.2) is 81.7 Å². The molecule has 1 heterocycles. The van der Waals surface area contributed by atoms with E-state index in [1.54, 1.807) is 13.2 Å². The molecule has 9 heteroatoms. The molecule has 0 aromatic rings. The zero-order chi connectivity index (χ0) is 30.6. The Labute approximate surface area is 239 Å². The molecule has 10 atom stereocenters. The summed E-state index contributed by atoms with van der Waals surface area (Å²) in [6.45, 7) is 12.9. The molecule has 40 heavy (non-hydrogen) atoms. The highest BCUT2D eigenvalue weighted by atomic mass is 16.6. The molecule has 0 amide bonds. The number of carbonyl (C=O) groups is 2. The van der Waals surface area contributed by atoms with Crippen molar-refractivity contribution in [2.75, 3.05) is 7.11 Å². The summed E-state index contributed by atoms with van der Waals surface area (Å²) in [7, 11) is 1.70.